The minimum absolute atomic E-state index is 0.00989. The number of aryl methyl sites for hydroxylation is 3. The topological polar surface area (TPSA) is 86.8 Å². The van der Waals surface area contributed by atoms with Gasteiger partial charge in [0.1, 0.15) is 12.6 Å². The van der Waals surface area contributed by atoms with Crippen molar-refractivity contribution in [1.82, 2.24) is 10.2 Å². The van der Waals surface area contributed by atoms with E-state index in [0.717, 1.165) is 26.6 Å². The Labute approximate surface area is 249 Å². The molecule has 0 unspecified atom stereocenters. The second-order valence-corrected chi connectivity index (χ2v) is 13.7. The number of sulfonamides is 1. The van der Waals surface area contributed by atoms with Crippen LogP contribution in [0.15, 0.2) is 71.6 Å². The summed E-state index contributed by atoms with van der Waals surface area (Å²) in [5.41, 5.74) is 3.60. The van der Waals surface area contributed by atoms with Crippen molar-refractivity contribution in [2.45, 2.75) is 77.9 Å². The fraction of sp³-hybridized carbons (Fsp3) is 0.375. The van der Waals surface area contributed by atoms with Crippen LogP contribution in [-0.2, 0) is 26.2 Å². The van der Waals surface area contributed by atoms with Gasteiger partial charge in [-0.3, -0.25) is 13.9 Å². The first-order valence-corrected chi connectivity index (χ1v) is 15.5. The lowest BCUT2D eigenvalue weighted by atomic mass is 10.0. The molecule has 0 radical (unpaired) electrons. The van der Waals surface area contributed by atoms with E-state index in [0.29, 0.717) is 17.1 Å². The highest BCUT2D eigenvalue weighted by Gasteiger charge is 2.34. The van der Waals surface area contributed by atoms with Crippen LogP contribution in [0, 0.1) is 20.8 Å². The molecule has 220 valence electrons. The predicted molar refractivity (Wildman–Crippen MR) is 166 cm³/mol. The van der Waals surface area contributed by atoms with Crippen molar-refractivity contribution in [2.75, 3.05) is 10.8 Å². The van der Waals surface area contributed by atoms with Gasteiger partial charge in [0.25, 0.3) is 10.0 Å². The molecule has 1 atom stereocenters. The molecular formula is C32H40ClN3O4S. The average Bonchev–Trinajstić information content (AvgIpc) is 2.88. The smallest absolute Gasteiger partial charge is 0.264 e. The van der Waals surface area contributed by atoms with Crippen molar-refractivity contribution in [3.63, 3.8) is 0 Å². The number of carbonyl (C=O) groups is 2. The SMILES string of the molecule is CC[C@H](C(=O)NC(C)(C)C)N(Cc1cccc(C)c1)C(=O)CN(c1ccc(C)c(C)c1)S(=O)(=O)c1ccc(Cl)cc1. The average molecular weight is 598 g/mol. The van der Waals surface area contributed by atoms with Crippen LogP contribution in [0.25, 0.3) is 0 Å². The van der Waals surface area contributed by atoms with E-state index < -0.39 is 34.1 Å². The van der Waals surface area contributed by atoms with E-state index in [-0.39, 0.29) is 17.3 Å². The zero-order valence-electron chi connectivity index (χ0n) is 24.9. The number of hydrogen-bond donors (Lipinski definition) is 1. The van der Waals surface area contributed by atoms with Gasteiger partial charge in [-0.05, 0) is 101 Å². The summed E-state index contributed by atoms with van der Waals surface area (Å²) in [6.45, 7) is 12.9. The maximum absolute atomic E-state index is 14.2. The van der Waals surface area contributed by atoms with Crippen molar-refractivity contribution in [1.29, 1.82) is 0 Å². The van der Waals surface area contributed by atoms with Gasteiger partial charge in [0.15, 0.2) is 0 Å². The number of halogens is 1. The van der Waals surface area contributed by atoms with Crippen molar-refractivity contribution >= 4 is 39.1 Å². The molecule has 0 bridgehead atoms. The normalized spacial score (nSPS) is 12.5. The molecular weight excluding hydrogens is 558 g/mol. The van der Waals surface area contributed by atoms with Gasteiger partial charge in [-0.15, -0.1) is 0 Å². The molecule has 0 fully saturated rings. The summed E-state index contributed by atoms with van der Waals surface area (Å²) >= 11 is 6.03. The van der Waals surface area contributed by atoms with Crippen LogP contribution in [0.4, 0.5) is 5.69 Å². The molecule has 0 saturated heterocycles. The fourth-order valence-corrected chi connectivity index (χ4v) is 6.05. The predicted octanol–water partition coefficient (Wildman–Crippen LogP) is 6.18. The second-order valence-electron chi connectivity index (χ2n) is 11.4. The molecule has 41 heavy (non-hydrogen) atoms. The van der Waals surface area contributed by atoms with Gasteiger partial charge >= 0.3 is 0 Å². The Morgan fingerprint density at radius 2 is 1.59 bits per heavy atom. The zero-order valence-corrected chi connectivity index (χ0v) is 26.4. The maximum Gasteiger partial charge on any atom is 0.264 e. The minimum atomic E-state index is -4.16. The molecule has 0 aliphatic carbocycles. The van der Waals surface area contributed by atoms with Gasteiger partial charge < -0.3 is 10.2 Å². The molecule has 0 aliphatic rings. The molecule has 0 spiro atoms. The lowest BCUT2D eigenvalue weighted by molar-refractivity contribution is -0.141. The molecule has 0 saturated carbocycles. The van der Waals surface area contributed by atoms with Crippen LogP contribution in [0.1, 0.15) is 56.4 Å². The minimum Gasteiger partial charge on any atom is -0.350 e. The van der Waals surface area contributed by atoms with E-state index in [9.17, 15) is 18.0 Å². The Balaban J connectivity index is 2.10. The van der Waals surface area contributed by atoms with Crippen LogP contribution < -0.4 is 9.62 Å². The van der Waals surface area contributed by atoms with E-state index in [2.05, 4.69) is 5.32 Å². The zero-order chi connectivity index (χ0) is 30.5. The van der Waals surface area contributed by atoms with E-state index in [1.54, 1.807) is 12.1 Å². The highest BCUT2D eigenvalue weighted by atomic mass is 35.5. The van der Waals surface area contributed by atoms with Gasteiger partial charge in [-0.25, -0.2) is 8.42 Å². The number of nitrogens with zero attached hydrogens (tertiary/aromatic N) is 2. The summed E-state index contributed by atoms with van der Waals surface area (Å²) in [6.07, 6.45) is 0.354. The number of nitrogens with one attached hydrogen (secondary N) is 1. The van der Waals surface area contributed by atoms with Crippen LogP contribution in [0.2, 0.25) is 5.02 Å². The van der Waals surface area contributed by atoms with E-state index >= 15 is 0 Å². The Morgan fingerprint density at radius 1 is 0.927 bits per heavy atom. The molecule has 3 aromatic rings. The molecule has 0 heterocycles. The Morgan fingerprint density at radius 3 is 2.15 bits per heavy atom. The maximum atomic E-state index is 14.2. The molecule has 0 aromatic heterocycles. The van der Waals surface area contributed by atoms with E-state index in [1.165, 1.54) is 29.2 Å². The number of benzene rings is 3. The number of anilines is 1. The van der Waals surface area contributed by atoms with Crippen LogP contribution >= 0.6 is 11.6 Å². The van der Waals surface area contributed by atoms with Crippen LogP contribution in [0.3, 0.4) is 0 Å². The van der Waals surface area contributed by atoms with Gasteiger partial charge in [0, 0.05) is 17.1 Å². The molecule has 3 rings (SSSR count). The number of rotatable bonds is 10. The lowest BCUT2D eigenvalue weighted by Gasteiger charge is -2.35. The highest BCUT2D eigenvalue weighted by molar-refractivity contribution is 7.92. The first-order chi connectivity index (χ1) is 19.1. The molecule has 1 N–H and O–H groups in total. The molecule has 0 aliphatic heterocycles. The van der Waals surface area contributed by atoms with Gasteiger partial charge in [-0.2, -0.15) is 0 Å². The third kappa shape index (κ3) is 8.33. The Bertz CT molecular complexity index is 1500. The number of carbonyl (C=O) groups excluding carboxylic acids is 2. The highest BCUT2D eigenvalue weighted by Crippen LogP contribution is 2.27. The summed E-state index contributed by atoms with van der Waals surface area (Å²) in [5.74, 6) is -0.780. The fourth-order valence-electron chi connectivity index (χ4n) is 4.52. The van der Waals surface area contributed by atoms with Crippen molar-refractivity contribution in [2.24, 2.45) is 0 Å². The third-order valence-corrected chi connectivity index (χ3v) is 8.82. The summed E-state index contributed by atoms with van der Waals surface area (Å²) in [6, 6.07) is 18.0. The van der Waals surface area contributed by atoms with Gasteiger partial charge in [0.2, 0.25) is 11.8 Å². The molecule has 7 nitrogen and oxygen atoms in total. The van der Waals surface area contributed by atoms with Gasteiger partial charge in [-0.1, -0.05) is 54.4 Å². The van der Waals surface area contributed by atoms with Crippen LogP contribution in [0.5, 0.6) is 0 Å². The van der Waals surface area contributed by atoms with Crippen molar-refractivity contribution in [3.05, 3.63) is 94.0 Å². The number of amides is 2. The van der Waals surface area contributed by atoms with Crippen molar-refractivity contribution in [3.8, 4) is 0 Å². The van der Waals surface area contributed by atoms with Gasteiger partial charge in [0.05, 0.1) is 10.6 Å². The molecule has 3 aromatic carbocycles. The largest absolute Gasteiger partial charge is 0.350 e. The quantitative estimate of drug-likeness (QED) is 0.302. The molecule has 9 heteroatoms. The third-order valence-electron chi connectivity index (χ3n) is 6.78. The summed E-state index contributed by atoms with van der Waals surface area (Å²) < 4.78 is 29.1. The number of hydrogen-bond acceptors (Lipinski definition) is 4. The first-order valence-electron chi connectivity index (χ1n) is 13.6. The van der Waals surface area contributed by atoms with E-state index in [1.807, 2.05) is 78.8 Å². The first kappa shape index (κ1) is 32.2. The van der Waals surface area contributed by atoms with Crippen LogP contribution in [-0.4, -0.2) is 43.3 Å². The standard InChI is InChI=1S/C32H40ClN3O4S/c1-8-29(31(38)34-32(5,6)7)35(20-25-11-9-10-22(2)18-25)30(37)21-36(27-15-12-23(3)24(4)19-27)41(39,40)28-16-13-26(33)14-17-28/h9-19,29H,8,20-21H2,1-7H3,(H,34,38)/t29-/m1/s1. The summed E-state index contributed by atoms with van der Waals surface area (Å²) in [5, 5.41) is 3.39. The monoisotopic (exact) mass is 597 g/mol. The molecule has 2 amide bonds. The lowest BCUT2D eigenvalue weighted by Crippen LogP contribution is -2.55. The van der Waals surface area contributed by atoms with Crippen molar-refractivity contribution < 1.29 is 18.0 Å². The summed E-state index contributed by atoms with van der Waals surface area (Å²) in [7, 11) is -4.16. The van der Waals surface area contributed by atoms with E-state index in [4.69, 9.17) is 11.6 Å². The summed E-state index contributed by atoms with van der Waals surface area (Å²) in [4.78, 5) is 29.1. The second kappa shape index (κ2) is 13.1. The Hall–Kier alpha value is -3.36. The Kier molecular flexibility index (Phi) is 10.3.